The van der Waals surface area contributed by atoms with Crippen molar-refractivity contribution in [1.82, 2.24) is 15.0 Å². The molecule has 1 aromatic heterocycles. The second-order valence-electron chi connectivity index (χ2n) is 4.74. The van der Waals surface area contributed by atoms with Crippen molar-refractivity contribution in [3.63, 3.8) is 0 Å². The number of rotatable bonds is 1. The molecule has 5 heteroatoms. The first kappa shape index (κ1) is 13.0. The monoisotopic (exact) mass is 401 g/mol. The van der Waals surface area contributed by atoms with E-state index in [0.29, 0.717) is 0 Å². The van der Waals surface area contributed by atoms with Crippen LogP contribution in [0.3, 0.4) is 0 Å². The number of halogens is 2. The van der Waals surface area contributed by atoms with E-state index in [0.717, 1.165) is 36.4 Å². The zero-order valence-electron chi connectivity index (χ0n) is 10.8. The van der Waals surface area contributed by atoms with Gasteiger partial charge in [0.15, 0.2) is 0 Å². The fourth-order valence-corrected chi connectivity index (χ4v) is 3.22. The van der Waals surface area contributed by atoms with E-state index in [9.17, 15) is 0 Å². The van der Waals surface area contributed by atoms with Crippen molar-refractivity contribution < 1.29 is 0 Å². The number of nitrogens with zero attached hydrogens (tertiary/aromatic N) is 3. The topological polar surface area (TPSA) is 30.7 Å². The number of fused-ring (bicyclic) bond motifs is 3. The number of benzene rings is 3. The Morgan fingerprint density at radius 2 is 1.52 bits per heavy atom. The summed E-state index contributed by atoms with van der Waals surface area (Å²) in [6, 6.07) is 18.2. The van der Waals surface area contributed by atoms with Crippen LogP contribution in [0.1, 0.15) is 0 Å². The van der Waals surface area contributed by atoms with Gasteiger partial charge >= 0.3 is 0 Å². The van der Waals surface area contributed by atoms with E-state index in [1.165, 1.54) is 0 Å². The summed E-state index contributed by atoms with van der Waals surface area (Å²) in [5.74, 6) is 0. The van der Waals surface area contributed by atoms with Gasteiger partial charge in [-0.15, -0.1) is 10.2 Å². The zero-order chi connectivity index (χ0) is 14.4. The lowest BCUT2D eigenvalue weighted by Gasteiger charge is -1.99. The van der Waals surface area contributed by atoms with E-state index in [1.54, 1.807) is 4.80 Å². The Hall–Kier alpha value is -1.72. The SMILES string of the molecule is Brc1ccc(-n2nc3cc(Br)c4ccccc4c3n2)cc1. The van der Waals surface area contributed by atoms with Crippen LogP contribution in [0.5, 0.6) is 0 Å². The molecule has 0 bridgehead atoms. The standard InChI is InChI=1S/C16H9Br2N3/c17-10-5-7-11(8-6-10)21-19-15-9-14(18)12-3-1-2-4-13(12)16(15)20-21/h1-9H. The second-order valence-corrected chi connectivity index (χ2v) is 6.51. The highest BCUT2D eigenvalue weighted by Gasteiger charge is 2.10. The molecule has 0 saturated heterocycles. The van der Waals surface area contributed by atoms with E-state index in [1.807, 2.05) is 42.5 Å². The largest absolute Gasteiger partial charge is 0.150 e. The maximum atomic E-state index is 4.65. The number of aromatic nitrogens is 3. The summed E-state index contributed by atoms with van der Waals surface area (Å²) < 4.78 is 2.07. The van der Waals surface area contributed by atoms with E-state index in [-0.39, 0.29) is 0 Å². The summed E-state index contributed by atoms with van der Waals surface area (Å²) in [6.45, 7) is 0. The van der Waals surface area contributed by atoms with E-state index in [4.69, 9.17) is 0 Å². The molecule has 0 aliphatic rings. The third kappa shape index (κ3) is 2.17. The average Bonchev–Trinajstić information content (AvgIpc) is 2.92. The molecule has 0 N–H and O–H groups in total. The lowest BCUT2D eigenvalue weighted by atomic mass is 10.1. The zero-order valence-corrected chi connectivity index (χ0v) is 14.0. The van der Waals surface area contributed by atoms with Gasteiger partial charge in [-0.2, -0.15) is 4.80 Å². The van der Waals surface area contributed by atoms with Gasteiger partial charge in [-0.3, -0.25) is 0 Å². The smallest absolute Gasteiger partial charge is 0.121 e. The fourth-order valence-electron chi connectivity index (χ4n) is 2.39. The third-order valence-electron chi connectivity index (χ3n) is 3.40. The lowest BCUT2D eigenvalue weighted by molar-refractivity contribution is 0.766. The van der Waals surface area contributed by atoms with Crippen LogP contribution >= 0.6 is 31.9 Å². The Kier molecular flexibility index (Phi) is 3.05. The molecule has 0 unspecified atom stereocenters. The van der Waals surface area contributed by atoms with Crippen LogP contribution in [0.2, 0.25) is 0 Å². The van der Waals surface area contributed by atoms with Gasteiger partial charge in [0.1, 0.15) is 11.0 Å². The minimum absolute atomic E-state index is 0.878. The van der Waals surface area contributed by atoms with Gasteiger partial charge in [-0.1, -0.05) is 56.1 Å². The Morgan fingerprint density at radius 3 is 2.29 bits per heavy atom. The number of hydrogen-bond donors (Lipinski definition) is 0. The Morgan fingerprint density at radius 1 is 0.810 bits per heavy atom. The molecule has 0 radical (unpaired) electrons. The normalized spacial score (nSPS) is 11.3. The highest BCUT2D eigenvalue weighted by Crippen LogP contribution is 2.30. The van der Waals surface area contributed by atoms with Crippen LogP contribution in [0, 0.1) is 0 Å². The summed E-state index contributed by atoms with van der Waals surface area (Å²) in [7, 11) is 0. The molecule has 4 aromatic rings. The Bertz CT molecular complexity index is 959. The molecule has 0 aliphatic carbocycles. The minimum atomic E-state index is 0.878. The Balaban J connectivity index is 2.02. The van der Waals surface area contributed by atoms with Crippen molar-refractivity contribution in [1.29, 1.82) is 0 Å². The molecule has 0 atom stereocenters. The molecule has 1 heterocycles. The van der Waals surface area contributed by atoms with Crippen LogP contribution in [0.25, 0.3) is 27.5 Å². The predicted octanol–water partition coefficient (Wildman–Crippen LogP) is 5.10. The molecule has 0 amide bonds. The van der Waals surface area contributed by atoms with Gasteiger partial charge in [-0.25, -0.2) is 0 Å². The molecule has 4 rings (SSSR count). The molecule has 3 nitrogen and oxygen atoms in total. The van der Waals surface area contributed by atoms with Crippen LogP contribution in [0.15, 0.2) is 63.5 Å². The van der Waals surface area contributed by atoms with Crippen LogP contribution in [0.4, 0.5) is 0 Å². The summed E-state index contributed by atoms with van der Waals surface area (Å²) in [4.78, 5) is 1.68. The lowest BCUT2D eigenvalue weighted by Crippen LogP contribution is -1.97. The summed E-state index contributed by atoms with van der Waals surface area (Å²) in [5.41, 5.74) is 2.73. The molecule has 0 fully saturated rings. The summed E-state index contributed by atoms with van der Waals surface area (Å²) in [5, 5.41) is 11.5. The van der Waals surface area contributed by atoms with Gasteiger partial charge in [-0.05, 0) is 35.7 Å². The van der Waals surface area contributed by atoms with Gasteiger partial charge in [0, 0.05) is 14.3 Å². The van der Waals surface area contributed by atoms with E-state index in [2.05, 4.69) is 54.2 Å². The maximum Gasteiger partial charge on any atom is 0.121 e. The van der Waals surface area contributed by atoms with Crippen LogP contribution < -0.4 is 0 Å². The van der Waals surface area contributed by atoms with Crippen molar-refractivity contribution in [2.45, 2.75) is 0 Å². The average molecular weight is 403 g/mol. The van der Waals surface area contributed by atoms with Gasteiger partial charge < -0.3 is 0 Å². The first-order chi connectivity index (χ1) is 10.2. The molecule has 0 spiro atoms. The van der Waals surface area contributed by atoms with Crippen molar-refractivity contribution >= 4 is 53.7 Å². The highest BCUT2D eigenvalue weighted by molar-refractivity contribution is 9.11. The first-order valence-electron chi connectivity index (χ1n) is 6.42. The van der Waals surface area contributed by atoms with Crippen molar-refractivity contribution in [3.05, 3.63) is 63.5 Å². The molecular weight excluding hydrogens is 394 g/mol. The summed E-state index contributed by atoms with van der Waals surface area (Å²) in [6.07, 6.45) is 0. The van der Waals surface area contributed by atoms with Crippen LogP contribution in [-0.2, 0) is 0 Å². The van der Waals surface area contributed by atoms with Crippen molar-refractivity contribution in [2.75, 3.05) is 0 Å². The van der Waals surface area contributed by atoms with Gasteiger partial charge in [0.05, 0.1) is 5.69 Å². The highest BCUT2D eigenvalue weighted by atomic mass is 79.9. The van der Waals surface area contributed by atoms with Gasteiger partial charge in [0.25, 0.3) is 0 Å². The second kappa shape index (κ2) is 4.93. The number of hydrogen-bond acceptors (Lipinski definition) is 2. The molecule has 0 saturated carbocycles. The Labute approximate surface area is 137 Å². The van der Waals surface area contributed by atoms with Crippen molar-refractivity contribution in [2.24, 2.45) is 0 Å². The molecular formula is C16H9Br2N3. The molecule has 21 heavy (non-hydrogen) atoms. The molecule has 3 aromatic carbocycles. The summed E-state index contributed by atoms with van der Waals surface area (Å²) >= 11 is 7.05. The van der Waals surface area contributed by atoms with E-state index >= 15 is 0 Å². The van der Waals surface area contributed by atoms with Gasteiger partial charge in [0.2, 0.25) is 0 Å². The first-order valence-corrected chi connectivity index (χ1v) is 8.01. The maximum absolute atomic E-state index is 4.65. The van der Waals surface area contributed by atoms with Crippen LogP contribution in [-0.4, -0.2) is 15.0 Å². The van der Waals surface area contributed by atoms with Crippen molar-refractivity contribution in [3.8, 4) is 5.69 Å². The quantitative estimate of drug-likeness (QED) is 0.443. The molecule has 0 aliphatic heterocycles. The predicted molar refractivity (Wildman–Crippen MR) is 91.8 cm³/mol. The molecule has 102 valence electrons. The van der Waals surface area contributed by atoms with E-state index < -0.39 is 0 Å². The fraction of sp³-hybridized carbons (Fsp3) is 0. The minimum Gasteiger partial charge on any atom is -0.150 e. The third-order valence-corrected chi connectivity index (χ3v) is 4.59.